The molecule has 22 heavy (non-hydrogen) atoms. The van der Waals surface area contributed by atoms with Gasteiger partial charge in [0.15, 0.2) is 0 Å². The van der Waals surface area contributed by atoms with Crippen molar-refractivity contribution in [1.29, 1.82) is 0 Å². The van der Waals surface area contributed by atoms with E-state index in [9.17, 15) is 13.6 Å². The minimum atomic E-state index is -2.88. The molecule has 6 heteroatoms. The Balaban J connectivity index is 1.96. The van der Waals surface area contributed by atoms with Gasteiger partial charge in [0.25, 0.3) is 0 Å². The third-order valence-corrected chi connectivity index (χ3v) is 3.01. The van der Waals surface area contributed by atoms with E-state index in [0.717, 1.165) is 5.56 Å². The summed E-state index contributed by atoms with van der Waals surface area (Å²) in [5.41, 5.74) is 1.19. The van der Waals surface area contributed by atoms with Gasteiger partial charge in [-0.25, -0.2) is 0 Å². The first-order valence-corrected chi connectivity index (χ1v) is 6.71. The monoisotopic (exact) mass is 323 g/mol. The van der Waals surface area contributed by atoms with E-state index in [1.54, 1.807) is 24.3 Å². The molecule has 2 aromatic rings. The van der Waals surface area contributed by atoms with Gasteiger partial charge in [-0.15, -0.1) is 0 Å². The highest BCUT2D eigenvalue weighted by atomic mass is 35.5. The predicted octanol–water partition coefficient (Wildman–Crippen LogP) is 4.59. The van der Waals surface area contributed by atoms with Crippen LogP contribution in [0.3, 0.4) is 0 Å². The van der Waals surface area contributed by atoms with Crippen LogP contribution in [0.2, 0.25) is 5.02 Å². The van der Waals surface area contributed by atoms with Crippen molar-refractivity contribution in [2.24, 2.45) is 0 Å². The summed E-state index contributed by atoms with van der Waals surface area (Å²) >= 11 is 5.97. The van der Waals surface area contributed by atoms with E-state index >= 15 is 0 Å². The maximum atomic E-state index is 12.0. The Morgan fingerprint density at radius 3 is 2.45 bits per heavy atom. The summed E-state index contributed by atoms with van der Waals surface area (Å²) in [5.74, 6) is -0.331. The van der Waals surface area contributed by atoms with Gasteiger partial charge in [0.2, 0.25) is 5.91 Å². The number of amides is 1. The van der Waals surface area contributed by atoms with Crippen LogP contribution in [-0.2, 0) is 4.79 Å². The largest absolute Gasteiger partial charge is 0.435 e. The molecule has 0 saturated heterocycles. The van der Waals surface area contributed by atoms with Crippen molar-refractivity contribution in [2.75, 3.05) is 5.32 Å². The Hall–Kier alpha value is -2.40. The number of hydrogen-bond donors (Lipinski definition) is 1. The molecule has 0 bridgehead atoms. The van der Waals surface area contributed by atoms with Crippen LogP contribution in [0.5, 0.6) is 5.75 Å². The molecule has 0 spiro atoms. The number of ether oxygens (including phenoxy) is 1. The molecule has 2 aromatic carbocycles. The van der Waals surface area contributed by atoms with Crippen LogP contribution in [-0.4, -0.2) is 12.5 Å². The van der Waals surface area contributed by atoms with Crippen LogP contribution >= 0.6 is 11.6 Å². The number of alkyl halides is 2. The van der Waals surface area contributed by atoms with Crippen LogP contribution in [0.25, 0.3) is 6.08 Å². The maximum Gasteiger partial charge on any atom is 0.387 e. The molecule has 0 atom stereocenters. The summed E-state index contributed by atoms with van der Waals surface area (Å²) in [6, 6.07) is 12.7. The van der Waals surface area contributed by atoms with E-state index in [-0.39, 0.29) is 11.7 Å². The summed E-state index contributed by atoms with van der Waals surface area (Å²) in [7, 11) is 0. The molecule has 1 amide bonds. The zero-order valence-electron chi connectivity index (χ0n) is 11.3. The third kappa shape index (κ3) is 4.86. The zero-order chi connectivity index (χ0) is 15.9. The summed E-state index contributed by atoms with van der Waals surface area (Å²) in [6.45, 7) is -2.88. The van der Waals surface area contributed by atoms with Crippen molar-refractivity contribution < 1.29 is 18.3 Å². The highest BCUT2D eigenvalue weighted by molar-refractivity contribution is 6.32. The fourth-order valence-electron chi connectivity index (χ4n) is 1.68. The lowest BCUT2D eigenvalue weighted by Gasteiger charge is -2.06. The fraction of sp³-hybridized carbons (Fsp3) is 0.0625. The van der Waals surface area contributed by atoms with E-state index in [1.165, 1.54) is 30.3 Å². The second-order valence-corrected chi connectivity index (χ2v) is 4.65. The van der Waals surface area contributed by atoms with Gasteiger partial charge in [-0.3, -0.25) is 4.79 Å². The predicted molar refractivity (Wildman–Crippen MR) is 82.2 cm³/mol. The quantitative estimate of drug-likeness (QED) is 0.817. The van der Waals surface area contributed by atoms with E-state index in [0.29, 0.717) is 10.7 Å². The highest BCUT2D eigenvalue weighted by Crippen LogP contribution is 2.18. The number of hydrogen-bond acceptors (Lipinski definition) is 2. The number of benzene rings is 2. The molecule has 0 radical (unpaired) electrons. The van der Waals surface area contributed by atoms with E-state index in [2.05, 4.69) is 10.1 Å². The van der Waals surface area contributed by atoms with Crippen LogP contribution in [0.1, 0.15) is 5.56 Å². The molecule has 0 aromatic heterocycles. The molecule has 0 fully saturated rings. The number of carbonyl (C=O) groups excluding carboxylic acids is 1. The van der Waals surface area contributed by atoms with Crippen LogP contribution < -0.4 is 10.1 Å². The first-order valence-electron chi connectivity index (χ1n) is 6.33. The van der Waals surface area contributed by atoms with E-state index in [1.807, 2.05) is 6.07 Å². The number of halogens is 3. The normalized spacial score (nSPS) is 10.9. The van der Waals surface area contributed by atoms with E-state index < -0.39 is 6.61 Å². The molecule has 1 N–H and O–H groups in total. The van der Waals surface area contributed by atoms with Gasteiger partial charge < -0.3 is 10.1 Å². The number of rotatable bonds is 5. The lowest BCUT2D eigenvalue weighted by atomic mass is 10.2. The lowest BCUT2D eigenvalue weighted by molar-refractivity contribution is -0.111. The average molecular weight is 324 g/mol. The van der Waals surface area contributed by atoms with Gasteiger partial charge in [0.1, 0.15) is 5.75 Å². The van der Waals surface area contributed by atoms with Crippen molar-refractivity contribution >= 4 is 29.3 Å². The standard InChI is InChI=1S/C16H12ClF2NO2/c17-14-4-2-1-3-11(14)5-10-15(21)20-12-6-8-13(9-7-12)22-16(18)19/h1-10,16H,(H,20,21)/b10-5+. The molecular formula is C16H12ClF2NO2. The molecule has 0 saturated carbocycles. The third-order valence-electron chi connectivity index (χ3n) is 2.67. The Labute approximate surface area is 131 Å². The highest BCUT2D eigenvalue weighted by Gasteiger charge is 2.04. The number of carbonyl (C=O) groups is 1. The van der Waals surface area contributed by atoms with E-state index in [4.69, 9.17) is 11.6 Å². The number of nitrogens with one attached hydrogen (secondary N) is 1. The molecule has 0 aliphatic rings. The molecule has 3 nitrogen and oxygen atoms in total. The second-order valence-electron chi connectivity index (χ2n) is 4.25. The summed E-state index contributed by atoms with van der Waals surface area (Å²) in [4.78, 5) is 11.8. The first-order chi connectivity index (χ1) is 10.5. The Morgan fingerprint density at radius 2 is 1.82 bits per heavy atom. The van der Waals surface area contributed by atoms with Gasteiger partial charge in [0.05, 0.1) is 0 Å². The molecule has 0 aliphatic carbocycles. The van der Waals surface area contributed by atoms with Gasteiger partial charge >= 0.3 is 6.61 Å². The van der Waals surface area contributed by atoms with Crippen molar-refractivity contribution in [1.82, 2.24) is 0 Å². The lowest BCUT2D eigenvalue weighted by Crippen LogP contribution is -2.08. The van der Waals surface area contributed by atoms with Crippen LogP contribution in [0, 0.1) is 0 Å². The second kappa shape index (κ2) is 7.56. The zero-order valence-corrected chi connectivity index (χ0v) is 12.1. The van der Waals surface area contributed by atoms with Crippen LogP contribution in [0.4, 0.5) is 14.5 Å². The van der Waals surface area contributed by atoms with Crippen LogP contribution in [0.15, 0.2) is 54.6 Å². The Morgan fingerprint density at radius 1 is 1.14 bits per heavy atom. The molecule has 2 rings (SSSR count). The molecule has 0 heterocycles. The van der Waals surface area contributed by atoms with Crippen molar-refractivity contribution in [3.63, 3.8) is 0 Å². The van der Waals surface area contributed by atoms with Gasteiger partial charge in [-0.05, 0) is 42.0 Å². The minimum absolute atomic E-state index is 0.0274. The number of anilines is 1. The summed E-state index contributed by atoms with van der Waals surface area (Å²) < 4.78 is 28.2. The fourth-order valence-corrected chi connectivity index (χ4v) is 1.88. The molecule has 0 aliphatic heterocycles. The SMILES string of the molecule is O=C(/C=C/c1ccccc1Cl)Nc1ccc(OC(F)F)cc1. The molecule has 114 valence electrons. The maximum absolute atomic E-state index is 12.0. The Bertz CT molecular complexity index is 672. The minimum Gasteiger partial charge on any atom is -0.435 e. The van der Waals surface area contributed by atoms with Crippen molar-refractivity contribution in [2.45, 2.75) is 6.61 Å². The smallest absolute Gasteiger partial charge is 0.387 e. The average Bonchev–Trinajstić information content (AvgIpc) is 2.48. The Kier molecular flexibility index (Phi) is 5.49. The van der Waals surface area contributed by atoms with Gasteiger partial charge in [-0.2, -0.15) is 8.78 Å². The van der Waals surface area contributed by atoms with Gasteiger partial charge in [-0.1, -0.05) is 29.8 Å². The van der Waals surface area contributed by atoms with Gasteiger partial charge in [0, 0.05) is 16.8 Å². The molecular weight excluding hydrogens is 312 g/mol. The van der Waals surface area contributed by atoms with Crippen molar-refractivity contribution in [3.8, 4) is 5.75 Å². The topological polar surface area (TPSA) is 38.3 Å². The summed E-state index contributed by atoms with van der Waals surface area (Å²) in [6.07, 6.45) is 2.93. The first kappa shape index (κ1) is 16.0. The summed E-state index contributed by atoms with van der Waals surface area (Å²) in [5, 5.41) is 3.14. The molecule has 0 unspecified atom stereocenters. The van der Waals surface area contributed by atoms with Crippen molar-refractivity contribution in [3.05, 3.63) is 65.2 Å².